The van der Waals surface area contributed by atoms with Crippen LogP contribution < -0.4 is 0 Å². The van der Waals surface area contributed by atoms with Crippen molar-refractivity contribution in [1.29, 1.82) is 0 Å². The highest BCUT2D eigenvalue weighted by atomic mass is 16.5. The van der Waals surface area contributed by atoms with Crippen LogP contribution >= 0.6 is 0 Å². The van der Waals surface area contributed by atoms with Gasteiger partial charge in [-0.15, -0.1) is 0 Å². The fraction of sp³-hybridized carbons (Fsp3) is 0. The minimum absolute atomic E-state index is 1.29. The molecule has 24 heavy (non-hydrogen) atoms. The molecule has 0 aromatic heterocycles. The van der Waals surface area contributed by atoms with Crippen molar-refractivity contribution in [2.24, 2.45) is 0 Å². The van der Waals surface area contributed by atoms with E-state index in [1.54, 1.807) is 0 Å². The molecule has 0 spiro atoms. The zero-order valence-corrected chi connectivity index (χ0v) is 13.0. The fourth-order valence-corrected chi connectivity index (χ4v) is 2.92. The van der Waals surface area contributed by atoms with Gasteiger partial charge in [-0.3, -0.25) is 0 Å². The molecule has 0 unspecified atom stereocenters. The third-order valence-corrected chi connectivity index (χ3v) is 3.87. The molecule has 4 rings (SSSR count). The highest BCUT2D eigenvalue weighted by Gasteiger charge is 2.06. The second-order valence-corrected chi connectivity index (χ2v) is 5.40. The van der Waals surface area contributed by atoms with Crippen molar-refractivity contribution in [3.05, 3.63) is 84.9 Å². The Bertz CT molecular complexity index is 876. The molecule has 0 aliphatic heterocycles. The second-order valence-electron chi connectivity index (χ2n) is 5.40. The minimum atomic E-state index is -2.17. The maximum atomic E-state index is 7.17. The summed E-state index contributed by atoms with van der Waals surface area (Å²) >= 11 is 0. The molecule has 4 heteroatoms. The van der Waals surface area contributed by atoms with E-state index >= 15 is 0 Å². The van der Waals surface area contributed by atoms with E-state index in [9.17, 15) is 0 Å². The maximum absolute atomic E-state index is 7.17. The molecule has 3 nitrogen and oxygen atoms in total. The van der Waals surface area contributed by atoms with E-state index in [2.05, 4.69) is 84.9 Å². The van der Waals surface area contributed by atoms with Crippen LogP contribution in [0.15, 0.2) is 84.9 Å². The van der Waals surface area contributed by atoms with Gasteiger partial charge < -0.3 is 15.1 Å². The number of benzene rings is 4. The van der Waals surface area contributed by atoms with Crippen LogP contribution in [0.5, 0.6) is 0 Å². The smallest absolute Gasteiger partial charge is 0.402 e. The third kappa shape index (κ3) is 3.47. The summed E-state index contributed by atoms with van der Waals surface area (Å²) in [5, 5.41) is 26.7. The van der Waals surface area contributed by atoms with E-state index in [0.717, 1.165) is 0 Å². The van der Waals surface area contributed by atoms with Crippen molar-refractivity contribution in [3.8, 4) is 11.1 Å². The summed E-state index contributed by atoms with van der Waals surface area (Å²) in [6.07, 6.45) is 0. The predicted octanol–water partition coefficient (Wildman–Crippen LogP) is 3.61. The van der Waals surface area contributed by atoms with Gasteiger partial charge in [-0.1, -0.05) is 84.9 Å². The van der Waals surface area contributed by atoms with Crippen LogP contribution in [-0.4, -0.2) is 22.4 Å². The Kier molecular flexibility index (Phi) is 4.92. The van der Waals surface area contributed by atoms with Crippen LogP contribution in [0.1, 0.15) is 0 Å². The molecular weight excluding hydrogens is 299 g/mol. The molecule has 0 radical (unpaired) electrons. The van der Waals surface area contributed by atoms with E-state index in [0.29, 0.717) is 0 Å². The average Bonchev–Trinajstić information content (AvgIpc) is 2.60. The lowest BCUT2D eigenvalue weighted by atomic mass is 9.94. The number of hydrogen-bond donors (Lipinski definition) is 3. The molecule has 0 bridgehead atoms. The molecule has 0 atom stereocenters. The Morgan fingerprint density at radius 3 is 1.21 bits per heavy atom. The van der Waals surface area contributed by atoms with Crippen molar-refractivity contribution in [1.82, 2.24) is 0 Å². The minimum Gasteiger partial charge on any atom is -0.402 e. The summed E-state index contributed by atoms with van der Waals surface area (Å²) in [4.78, 5) is 0. The Labute approximate surface area is 140 Å². The van der Waals surface area contributed by atoms with Gasteiger partial charge in [0.15, 0.2) is 0 Å². The van der Waals surface area contributed by atoms with Crippen molar-refractivity contribution >= 4 is 28.9 Å². The number of rotatable bonds is 1. The zero-order valence-electron chi connectivity index (χ0n) is 13.0. The summed E-state index contributed by atoms with van der Waals surface area (Å²) in [7, 11) is -2.17. The summed E-state index contributed by atoms with van der Waals surface area (Å²) in [6.45, 7) is 0. The summed E-state index contributed by atoms with van der Waals surface area (Å²) in [6, 6.07) is 30.2. The van der Waals surface area contributed by atoms with E-state index in [1.807, 2.05) is 0 Å². The Balaban J connectivity index is 0.000000383. The summed E-state index contributed by atoms with van der Waals surface area (Å²) in [5.41, 5.74) is 2.61. The van der Waals surface area contributed by atoms with Gasteiger partial charge in [-0.05, 0) is 32.7 Å². The monoisotopic (exact) mass is 316 g/mol. The van der Waals surface area contributed by atoms with Gasteiger partial charge in [-0.25, -0.2) is 0 Å². The van der Waals surface area contributed by atoms with Gasteiger partial charge in [0, 0.05) is 0 Å². The molecule has 0 heterocycles. The van der Waals surface area contributed by atoms with Crippen molar-refractivity contribution in [2.45, 2.75) is 0 Å². The first-order valence-electron chi connectivity index (χ1n) is 7.67. The largest absolute Gasteiger partial charge is 0.631 e. The van der Waals surface area contributed by atoms with E-state index in [4.69, 9.17) is 15.1 Å². The Hall–Kier alpha value is -2.66. The topological polar surface area (TPSA) is 60.7 Å². The molecule has 0 saturated carbocycles. The molecular formula is C20H17BO3. The predicted molar refractivity (Wildman–Crippen MR) is 99.3 cm³/mol. The average molecular weight is 316 g/mol. The molecule has 0 aliphatic rings. The van der Waals surface area contributed by atoms with E-state index < -0.39 is 7.32 Å². The molecule has 0 saturated heterocycles. The van der Waals surface area contributed by atoms with Gasteiger partial charge in [0.25, 0.3) is 0 Å². The molecule has 0 amide bonds. The van der Waals surface area contributed by atoms with Gasteiger partial charge >= 0.3 is 7.32 Å². The van der Waals surface area contributed by atoms with Gasteiger partial charge in [0.2, 0.25) is 0 Å². The van der Waals surface area contributed by atoms with E-state index in [1.165, 1.54) is 32.7 Å². The SMILES string of the molecule is OB(O)O.c1ccc2c(-c3cccc4ccccc34)cccc2c1. The lowest BCUT2D eigenvalue weighted by molar-refractivity contribution is 0.278. The van der Waals surface area contributed by atoms with Crippen LogP contribution in [-0.2, 0) is 0 Å². The quantitative estimate of drug-likeness (QED) is 0.470. The molecule has 4 aromatic carbocycles. The number of fused-ring (bicyclic) bond motifs is 2. The van der Waals surface area contributed by atoms with Crippen LogP contribution in [0.25, 0.3) is 32.7 Å². The first-order valence-corrected chi connectivity index (χ1v) is 7.67. The fourth-order valence-electron chi connectivity index (χ4n) is 2.92. The molecule has 118 valence electrons. The van der Waals surface area contributed by atoms with Crippen molar-refractivity contribution in [2.75, 3.05) is 0 Å². The second kappa shape index (κ2) is 7.28. The van der Waals surface area contributed by atoms with Gasteiger partial charge in [0.05, 0.1) is 0 Å². The summed E-state index contributed by atoms with van der Waals surface area (Å²) in [5.74, 6) is 0. The molecule has 0 fully saturated rings. The lowest BCUT2D eigenvalue weighted by Gasteiger charge is -2.10. The van der Waals surface area contributed by atoms with Crippen molar-refractivity contribution < 1.29 is 15.1 Å². The number of hydrogen-bond acceptors (Lipinski definition) is 3. The maximum Gasteiger partial charge on any atom is 0.631 e. The Morgan fingerprint density at radius 1 is 0.458 bits per heavy atom. The Morgan fingerprint density at radius 2 is 0.792 bits per heavy atom. The van der Waals surface area contributed by atoms with Crippen LogP contribution in [0.4, 0.5) is 0 Å². The summed E-state index contributed by atoms with van der Waals surface area (Å²) < 4.78 is 0. The highest BCUT2D eigenvalue weighted by molar-refractivity contribution is 6.30. The molecule has 3 N–H and O–H groups in total. The van der Waals surface area contributed by atoms with Crippen LogP contribution in [0.3, 0.4) is 0 Å². The first kappa shape index (κ1) is 16.2. The molecule has 4 aromatic rings. The van der Waals surface area contributed by atoms with E-state index in [-0.39, 0.29) is 0 Å². The highest BCUT2D eigenvalue weighted by Crippen LogP contribution is 2.33. The standard InChI is InChI=1S/C20H14.BH3O3/c1-3-11-17-15(7-1)9-5-13-19(17)20-14-6-10-16-8-2-4-12-18(16)20;2-1(3)4/h1-14H;2-4H. The van der Waals surface area contributed by atoms with Crippen molar-refractivity contribution in [3.63, 3.8) is 0 Å². The normalized spacial score (nSPS) is 10.3. The zero-order chi connectivity index (χ0) is 16.9. The van der Waals surface area contributed by atoms with Gasteiger partial charge in [-0.2, -0.15) is 0 Å². The third-order valence-electron chi connectivity index (χ3n) is 3.87. The lowest BCUT2D eigenvalue weighted by Crippen LogP contribution is -2.07. The van der Waals surface area contributed by atoms with Crippen LogP contribution in [0.2, 0.25) is 0 Å². The van der Waals surface area contributed by atoms with Gasteiger partial charge in [0.1, 0.15) is 0 Å². The van der Waals surface area contributed by atoms with Crippen LogP contribution in [0, 0.1) is 0 Å². The first-order chi connectivity index (χ1) is 11.7. The molecule has 0 aliphatic carbocycles.